The van der Waals surface area contributed by atoms with E-state index < -0.39 is 5.92 Å². The molecule has 0 amide bonds. The van der Waals surface area contributed by atoms with Crippen molar-refractivity contribution in [3.05, 3.63) is 76.9 Å². The van der Waals surface area contributed by atoms with Gasteiger partial charge in [0, 0.05) is 17.9 Å². The van der Waals surface area contributed by atoms with Crippen molar-refractivity contribution in [2.45, 2.75) is 18.6 Å². The summed E-state index contributed by atoms with van der Waals surface area (Å²) in [6.07, 6.45) is 0. The first kappa shape index (κ1) is 22.5. The minimum atomic E-state index is -0.446. The highest BCUT2D eigenvalue weighted by Crippen LogP contribution is 2.55. The van der Waals surface area contributed by atoms with Gasteiger partial charge in [0.25, 0.3) is 0 Å². The minimum absolute atomic E-state index is 0.155. The summed E-state index contributed by atoms with van der Waals surface area (Å²) in [4.78, 5) is 13.0. The maximum Gasteiger partial charge on any atom is 0.310 e. The van der Waals surface area contributed by atoms with Crippen LogP contribution >= 0.6 is 0 Å². The Morgan fingerprint density at radius 2 is 1.58 bits per heavy atom. The van der Waals surface area contributed by atoms with Crippen LogP contribution in [0.4, 0.5) is 0 Å². The molecule has 186 valence electrons. The molecule has 0 saturated carbocycles. The molecule has 0 spiro atoms. The van der Waals surface area contributed by atoms with Gasteiger partial charge in [-0.05, 0) is 46.5 Å². The summed E-state index contributed by atoms with van der Waals surface area (Å²) < 4.78 is 34.4. The molecule has 3 aliphatic rings. The van der Waals surface area contributed by atoms with Crippen LogP contribution in [0.25, 0.3) is 0 Å². The summed E-state index contributed by atoms with van der Waals surface area (Å²) in [6, 6.07) is 17.2. The molecule has 1 saturated heterocycles. The topological polar surface area (TPSA) is 98.5 Å². The van der Waals surface area contributed by atoms with Crippen LogP contribution in [0.5, 0.6) is 28.7 Å². The molecule has 8 nitrogen and oxygen atoms in total. The summed E-state index contributed by atoms with van der Waals surface area (Å²) in [5.74, 6) is 1.62. The van der Waals surface area contributed by atoms with Gasteiger partial charge in [0.1, 0.15) is 6.61 Å². The van der Waals surface area contributed by atoms with Crippen molar-refractivity contribution in [2.75, 3.05) is 27.6 Å². The molecule has 0 bridgehead atoms. The molecule has 2 aliphatic heterocycles. The number of rotatable bonds is 6. The van der Waals surface area contributed by atoms with E-state index in [0.29, 0.717) is 35.4 Å². The smallest absolute Gasteiger partial charge is 0.310 e. The Bertz CT molecular complexity index is 1280. The molecule has 8 heteroatoms. The molecule has 4 atom stereocenters. The number of cyclic esters (lactones) is 1. The number of carbonyl (C=O) groups excluding carboxylic acids is 1. The standard InChI is InChI=1S/C28H27NO7/c1-31-22-8-16(9-23(32-2)27(22)33-12-15-6-4-3-5-7-15)24-17-10-20-21(36-14-35-20)11-18(17)26(29)19-13-34-28(30)25(19)24/h3-11,19,24-26H,12-14,29H2,1-2H3/t19-,24+,25-,26+/m0/s1. The first-order valence-corrected chi connectivity index (χ1v) is 11.9. The van der Waals surface area contributed by atoms with E-state index in [1.54, 1.807) is 14.2 Å². The highest BCUT2D eigenvalue weighted by molar-refractivity contribution is 5.79. The van der Waals surface area contributed by atoms with Gasteiger partial charge in [0.2, 0.25) is 12.5 Å². The molecule has 0 unspecified atom stereocenters. The third-order valence-electron chi connectivity index (χ3n) is 7.31. The van der Waals surface area contributed by atoms with Crippen molar-refractivity contribution in [3.63, 3.8) is 0 Å². The zero-order chi connectivity index (χ0) is 24.8. The molecular formula is C28H27NO7. The lowest BCUT2D eigenvalue weighted by Gasteiger charge is -2.37. The van der Waals surface area contributed by atoms with Crippen LogP contribution in [0.3, 0.4) is 0 Å². The lowest BCUT2D eigenvalue weighted by molar-refractivity contribution is -0.141. The van der Waals surface area contributed by atoms with Gasteiger partial charge in [-0.2, -0.15) is 0 Å². The SMILES string of the molecule is COc1cc([C@@H]2c3cc4c(cc3[C@@H](N)[C@H]3COC(=O)[C@H]23)OCO4)cc(OC)c1OCc1ccccc1. The van der Waals surface area contributed by atoms with Crippen molar-refractivity contribution in [1.82, 2.24) is 0 Å². The van der Waals surface area contributed by atoms with Crippen molar-refractivity contribution >= 4 is 5.97 Å². The largest absolute Gasteiger partial charge is 0.493 e. The van der Waals surface area contributed by atoms with Gasteiger partial charge < -0.3 is 34.2 Å². The van der Waals surface area contributed by atoms with Crippen LogP contribution in [0.15, 0.2) is 54.6 Å². The van der Waals surface area contributed by atoms with Gasteiger partial charge in [0.15, 0.2) is 23.0 Å². The Morgan fingerprint density at radius 3 is 2.25 bits per heavy atom. The molecule has 1 fully saturated rings. The van der Waals surface area contributed by atoms with Crippen LogP contribution in [-0.4, -0.2) is 33.6 Å². The minimum Gasteiger partial charge on any atom is -0.493 e. The van der Waals surface area contributed by atoms with Crippen LogP contribution in [0, 0.1) is 11.8 Å². The van der Waals surface area contributed by atoms with E-state index >= 15 is 0 Å². The predicted octanol–water partition coefficient (Wildman–Crippen LogP) is 3.95. The zero-order valence-corrected chi connectivity index (χ0v) is 20.1. The first-order valence-electron chi connectivity index (χ1n) is 11.9. The van der Waals surface area contributed by atoms with Crippen LogP contribution in [0.2, 0.25) is 0 Å². The highest BCUT2D eigenvalue weighted by atomic mass is 16.7. The third kappa shape index (κ3) is 3.60. The Balaban J connectivity index is 1.46. The average Bonchev–Trinajstić information content (AvgIpc) is 3.53. The number of fused-ring (bicyclic) bond motifs is 3. The molecule has 0 radical (unpaired) electrons. The van der Waals surface area contributed by atoms with Crippen molar-refractivity contribution in [3.8, 4) is 28.7 Å². The Kier molecular flexibility index (Phi) is 5.60. The molecule has 6 rings (SSSR count). The van der Waals surface area contributed by atoms with Crippen LogP contribution in [-0.2, 0) is 16.1 Å². The molecule has 2 N–H and O–H groups in total. The predicted molar refractivity (Wildman–Crippen MR) is 130 cm³/mol. The molecule has 1 aliphatic carbocycles. The molecule has 36 heavy (non-hydrogen) atoms. The first-order chi connectivity index (χ1) is 17.6. The Morgan fingerprint density at radius 1 is 0.917 bits per heavy atom. The monoisotopic (exact) mass is 489 g/mol. The summed E-state index contributed by atoms with van der Waals surface area (Å²) in [6.45, 7) is 0.790. The quantitative estimate of drug-likeness (QED) is 0.520. The van der Waals surface area contributed by atoms with Gasteiger partial charge in [-0.25, -0.2) is 0 Å². The lowest BCUT2D eigenvalue weighted by atomic mass is 9.65. The summed E-state index contributed by atoms with van der Waals surface area (Å²) in [5, 5.41) is 0. The lowest BCUT2D eigenvalue weighted by Crippen LogP contribution is -2.38. The highest BCUT2D eigenvalue weighted by Gasteiger charge is 2.51. The maximum absolute atomic E-state index is 13.0. The van der Waals surface area contributed by atoms with Crippen molar-refractivity contribution in [1.29, 1.82) is 0 Å². The van der Waals surface area contributed by atoms with E-state index in [4.69, 9.17) is 34.2 Å². The molecule has 3 aromatic carbocycles. The van der Waals surface area contributed by atoms with Gasteiger partial charge in [-0.3, -0.25) is 4.79 Å². The Labute approximate surface area is 208 Å². The van der Waals surface area contributed by atoms with Crippen molar-refractivity contribution < 1.29 is 33.2 Å². The third-order valence-corrected chi connectivity index (χ3v) is 7.31. The molecular weight excluding hydrogens is 462 g/mol. The van der Waals surface area contributed by atoms with E-state index in [9.17, 15) is 4.79 Å². The normalized spacial score (nSPS) is 23.5. The number of benzene rings is 3. The second-order valence-electron chi connectivity index (χ2n) is 9.19. The fraction of sp³-hybridized carbons (Fsp3) is 0.321. The Hall–Kier alpha value is -3.91. The average molecular weight is 490 g/mol. The van der Waals surface area contributed by atoms with E-state index in [-0.39, 0.29) is 37.2 Å². The second-order valence-corrected chi connectivity index (χ2v) is 9.19. The van der Waals surface area contributed by atoms with E-state index in [2.05, 4.69) is 0 Å². The van der Waals surface area contributed by atoms with Gasteiger partial charge in [-0.1, -0.05) is 30.3 Å². The fourth-order valence-corrected chi connectivity index (χ4v) is 5.56. The number of nitrogens with two attached hydrogens (primary N) is 1. The summed E-state index contributed by atoms with van der Waals surface area (Å²) in [5.41, 5.74) is 10.4. The number of carbonyl (C=O) groups is 1. The van der Waals surface area contributed by atoms with Crippen LogP contribution in [0.1, 0.15) is 34.2 Å². The van der Waals surface area contributed by atoms with E-state index in [1.165, 1.54) is 0 Å². The second kappa shape index (κ2) is 8.95. The maximum atomic E-state index is 13.0. The number of hydrogen-bond donors (Lipinski definition) is 1. The van der Waals surface area contributed by atoms with Gasteiger partial charge in [-0.15, -0.1) is 0 Å². The van der Waals surface area contributed by atoms with Crippen LogP contribution < -0.4 is 29.4 Å². The summed E-state index contributed by atoms with van der Waals surface area (Å²) in [7, 11) is 3.17. The number of esters is 1. The number of ether oxygens (including phenoxy) is 6. The van der Waals surface area contributed by atoms with E-state index in [1.807, 2.05) is 54.6 Å². The molecule has 2 heterocycles. The van der Waals surface area contributed by atoms with Crippen molar-refractivity contribution in [2.24, 2.45) is 17.6 Å². The summed E-state index contributed by atoms with van der Waals surface area (Å²) >= 11 is 0. The fourth-order valence-electron chi connectivity index (χ4n) is 5.56. The molecule has 0 aromatic heterocycles. The number of methoxy groups -OCH3 is 2. The zero-order valence-electron chi connectivity index (χ0n) is 20.1. The number of hydrogen-bond acceptors (Lipinski definition) is 8. The van der Waals surface area contributed by atoms with Gasteiger partial charge in [0.05, 0.1) is 26.7 Å². The van der Waals surface area contributed by atoms with E-state index in [0.717, 1.165) is 22.3 Å². The van der Waals surface area contributed by atoms with Gasteiger partial charge >= 0.3 is 5.97 Å². The molecule has 3 aromatic rings.